The van der Waals surface area contributed by atoms with Crippen molar-refractivity contribution in [2.75, 3.05) is 6.61 Å². The third kappa shape index (κ3) is 5.14. The maximum atomic E-state index is 13.9. The topological polar surface area (TPSA) is 109 Å². The number of carbonyl (C=O) groups excluding carboxylic acids is 3. The molecular formula is C26H18F2N2O5. The van der Waals surface area contributed by atoms with E-state index in [0.29, 0.717) is 17.1 Å². The van der Waals surface area contributed by atoms with Crippen molar-refractivity contribution < 1.29 is 33.0 Å². The third-order valence-corrected chi connectivity index (χ3v) is 5.08. The van der Waals surface area contributed by atoms with Gasteiger partial charge in [0.2, 0.25) is 5.78 Å². The van der Waals surface area contributed by atoms with Gasteiger partial charge in [0.25, 0.3) is 0 Å². The summed E-state index contributed by atoms with van der Waals surface area (Å²) in [5, 5.41) is 11.0. The number of fused-ring (bicyclic) bond motifs is 1. The molecule has 0 aliphatic heterocycles. The van der Waals surface area contributed by atoms with Crippen LogP contribution >= 0.6 is 0 Å². The molecular weight excluding hydrogens is 458 g/mol. The Morgan fingerprint density at radius 2 is 1.60 bits per heavy atom. The third-order valence-electron chi connectivity index (χ3n) is 5.08. The van der Waals surface area contributed by atoms with E-state index < -0.39 is 41.5 Å². The quantitative estimate of drug-likeness (QED) is 0.170. The number of esters is 1. The number of Topliss-reactive ketones (excluding diaryl/α,β-unsaturated/α-hetero) is 2. The monoisotopic (exact) mass is 476 g/mol. The lowest BCUT2D eigenvalue weighted by Gasteiger charge is -2.10. The summed E-state index contributed by atoms with van der Waals surface area (Å²) in [6.07, 6.45) is 0. The van der Waals surface area contributed by atoms with Crippen molar-refractivity contribution in [3.05, 3.63) is 101 Å². The Morgan fingerprint density at radius 1 is 0.914 bits per heavy atom. The molecule has 7 nitrogen and oxygen atoms in total. The number of aromatic nitrogens is 2. The van der Waals surface area contributed by atoms with E-state index in [4.69, 9.17) is 4.74 Å². The van der Waals surface area contributed by atoms with Crippen molar-refractivity contribution in [3.8, 4) is 0 Å². The summed E-state index contributed by atoms with van der Waals surface area (Å²) in [5.74, 6) is -4.55. The van der Waals surface area contributed by atoms with Crippen LogP contribution in [0.2, 0.25) is 0 Å². The van der Waals surface area contributed by atoms with E-state index in [1.54, 1.807) is 24.3 Å². The molecule has 0 unspecified atom stereocenters. The van der Waals surface area contributed by atoms with E-state index in [1.807, 2.05) is 0 Å². The fourth-order valence-electron chi connectivity index (χ4n) is 3.46. The van der Waals surface area contributed by atoms with Crippen LogP contribution in [0.15, 0.2) is 66.7 Å². The largest absolute Gasteiger partial charge is 0.506 e. The number of nitrogens with one attached hydrogen (secondary N) is 1. The van der Waals surface area contributed by atoms with E-state index >= 15 is 0 Å². The second-order valence-corrected chi connectivity index (χ2v) is 7.60. The van der Waals surface area contributed by atoms with Crippen LogP contribution < -0.4 is 0 Å². The lowest BCUT2D eigenvalue weighted by atomic mass is 9.96. The van der Waals surface area contributed by atoms with Gasteiger partial charge in [-0.1, -0.05) is 30.3 Å². The number of aromatic amines is 1. The number of hydrogen-bond acceptors (Lipinski definition) is 6. The highest BCUT2D eigenvalue weighted by Crippen LogP contribution is 2.29. The van der Waals surface area contributed by atoms with Crippen LogP contribution in [0, 0.1) is 11.6 Å². The maximum absolute atomic E-state index is 13.9. The number of benzene rings is 3. The first-order valence-electron chi connectivity index (χ1n) is 10.4. The molecule has 1 aromatic heterocycles. The Balaban J connectivity index is 1.84. The Labute approximate surface area is 197 Å². The van der Waals surface area contributed by atoms with Gasteiger partial charge in [0, 0.05) is 29.7 Å². The molecule has 0 bridgehead atoms. The SMILES string of the molecule is CC(=O)OCC(=O)c1cccc(C(=O)C(=C(O)c2cc(F)cc(F)c2)c2nc3ccccc3[nH]2)c1. The van der Waals surface area contributed by atoms with Crippen LogP contribution in [0.25, 0.3) is 22.4 Å². The Morgan fingerprint density at radius 3 is 2.29 bits per heavy atom. The Kier molecular flexibility index (Phi) is 6.50. The first-order chi connectivity index (χ1) is 16.7. The number of aliphatic hydroxyl groups is 1. The first kappa shape index (κ1) is 23.5. The summed E-state index contributed by atoms with van der Waals surface area (Å²) in [4.78, 5) is 44.2. The van der Waals surface area contributed by atoms with Crippen molar-refractivity contribution in [2.24, 2.45) is 0 Å². The van der Waals surface area contributed by atoms with E-state index in [1.165, 1.54) is 24.3 Å². The molecule has 0 radical (unpaired) electrons. The minimum atomic E-state index is -0.943. The van der Waals surface area contributed by atoms with E-state index in [-0.39, 0.29) is 28.1 Å². The highest BCUT2D eigenvalue weighted by Gasteiger charge is 2.25. The van der Waals surface area contributed by atoms with Crippen molar-refractivity contribution in [3.63, 3.8) is 0 Å². The van der Waals surface area contributed by atoms with Gasteiger partial charge in [0.15, 0.2) is 12.4 Å². The maximum Gasteiger partial charge on any atom is 0.303 e. The summed E-state index contributed by atoms with van der Waals surface area (Å²) < 4.78 is 32.4. The number of ketones is 2. The van der Waals surface area contributed by atoms with Gasteiger partial charge in [-0.2, -0.15) is 0 Å². The van der Waals surface area contributed by atoms with Gasteiger partial charge in [0.05, 0.1) is 11.0 Å². The Hall–Kier alpha value is -4.66. The number of halogens is 2. The summed E-state index contributed by atoms with van der Waals surface area (Å²) in [6, 6.07) is 14.8. The van der Waals surface area contributed by atoms with Gasteiger partial charge >= 0.3 is 5.97 Å². The summed E-state index contributed by atoms with van der Waals surface area (Å²) >= 11 is 0. The van der Waals surface area contributed by atoms with Gasteiger partial charge in [-0.15, -0.1) is 0 Å². The van der Waals surface area contributed by atoms with E-state index in [0.717, 1.165) is 19.1 Å². The van der Waals surface area contributed by atoms with Crippen LogP contribution in [-0.2, 0) is 9.53 Å². The van der Waals surface area contributed by atoms with Gasteiger partial charge in [-0.3, -0.25) is 14.4 Å². The molecule has 35 heavy (non-hydrogen) atoms. The minimum absolute atomic E-state index is 0.00226. The number of ether oxygens (including phenoxy) is 1. The fraction of sp³-hybridized carbons (Fsp3) is 0.0769. The zero-order chi connectivity index (χ0) is 25.1. The zero-order valence-corrected chi connectivity index (χ0v) is 18.3. The van der Waals surface area contributed by atoms with Gasteiger partial charge in [0.1, 0.15) is 28.8 Å². The highest BCUT2D eigenvalue weighted by atomic mass is 19.1. The van der Waals surface area contributed by atoms with E-state index in [2.05, 4.69) is 9.97 Å². The first-order valence-corrected chi connectivity index (χ1v) is 10.4. The number of carbonyl (C=O) groups is 3. The van der Waals surface area contributed by atoms with Crippen LogP contribution in [-0.4, -0.2) is 39.2 Å². The van der Waals surface area contributed by atoms with Crippen molar-refractivity contribution in [1.29, 1.82) is 0 Å². The molecule has 4 aromatic rings. The van der Waals surface area contributed by atoms with Crippen molar-refractivity contribution >= 4 is 39.9 Å². The van der Waals surface area contributed by atoms with Gasteiger partial charge in [-0.05, 0) is 30.3 Å². The predicted molar refractivity (Wildman–Crippen MR) is 124 cm³/mol. The van der Waals surface area contributed by atoms with Crippen molar-refractivity contribution in [2.45, 2.75) is 6.92 Å². The molecule has 0 amide bonds. The molecule has 176 valence electrons. The second kappa shape index (κ2) is 9.68. The van der Waals surface area contributed by atoms with Gasteiger partial charge < -0.3 is 14.8 Å². The molecule has 0 aliphatic rings. The van der Waals surface area contributed by atoms with Crippen molar-refractivity contribution in [1.82, 2.24) is 9.97 Å². The van der Waals surface area contributed by atoms with Crippen LogP contribution in [0.4, 0.5) is 8.78 Å². The Bertz CT molecular complexity index is 1450. The molecule has 0 saturated carbocycles. The molecule has 0 saturated heterocycles. The van der Waals surface area contributed by atoms with Crippen LogP contribution in [0.1, 0.15) is 39.0 Å². The van der Waals surface area contributed by atoms with Gasteiger partial charge in [-0.25, -0.2) is 13.8 Å². The number of H-pyrrole nitrogens is 1. The zero-order valence-electron chi connectivity index (χ0n) is 18.3. The fourth-order valence-corrected chi connectivity index (χ4v) is 3.46. The van der Waals surface area contributed by atoms with Crippen LogP contribution in [0.3, 0.4) is 0 Å². The number of rotatable bonds is 7. The summed E-state index contributed by atoms with van der Waals surface area (Å²) in [7, 11) is 0. The van der Waals surface area contributed by atoms with E-state index in [9.17, 15) is 28.3 Å². The number of aliphatic hydroxyl groups excluding tert-OH is 1. The lowest BCUT2D eigenvalue weighted by molar-refractivity contribution is -0.139. The molecule has 0 spiro atoms. The number of nitrogens with zero attached hydrogens (tertiary/aromatic N) is 1. The molecule has 2 N–H and O–H groups in total. The molecule has 0 aliphatic carbocycles. The average Bonchev–Trinajstić information content (AvgIpc) is 3.25. The molecule has 1 heterocycles. The number of hydrogen-bond donors (Lipinski definition) is 2. The second-order valence-electron chi connectivity index (χ2n) is 7.60. The minimum Gasteiger partial charge on any atom is -0.506 e. The summed E-state index contributed by atoms with van der Waals surface area (Å²) in [5.41, 5.74) is 0.534. The molecule has 4 rings (SSSR count). The molecule has 9 heteroatoms. The smallest absolute Gasteiger partial charge is 0.303 e. The molecule has 0 fully saturated rings. The number of allylic oxidation sites excluding steroid dienone is 1. The predicted octanol–water partition coefficient (Wildman–Crippen LogP) is 4.90. The number of para-hydroxylation sites is 2. The lowest BCUT2D eigenvalue weighted by Crippen LogP contribution is -2.13. The van der Waals surface area contributed by atoms with Crippen LogP contribution in [0.5, 0.6) is 0 Å². The summed E-state index contributed by atoms with van der Waals surface area (Å²) in [6.45, 7) is 0.655. The number of imidazole rings is 1. The highest BCUT2D eigenvalue weighted by molar-refractivity contribution is 6.33. The average molecular weight is 476 g/mol. The molecule has 3 aromatic carbocycles. The normalized spacial score (nSPS) is 11.7. The standard InChI is InChI=1S/C26H18F2N2O5/c1-14(31)35-13-22(32)15-5-4-6-16(9-15)24(33)23(25(34)17-10-18(27)12-19(28)11-17)26-29-20-7-2-3-8-21(20)30-26/h2-12,34H,13H2,1H3,(H,29,30). The molecule has 0 atom stereocenters.